The van der Waals surface area contributed by atoms with E-state index in [0.717, 1.165) is 11.5 Å². The van der Waals surface area contributed by atoms with Crippen molar-refractivity contribution in [1.29, 1.82) is 0 Å². The van der Waals surface area contributed by atoms with Crippen molar-refractivity contribution in [2.24, 2.45) is 0 Å². The van der Waals surface area contributed by atoms with Gasteiger partial charge >= 0.3 is 0 Å². The monoisotopic (exact) mass is 283 g/mol. The van der Waals surface area contributed by atoms with Crippen LogP contribution in [0.5, 0.6) is 0 Å². The topological polar surface area (TPSA) is 30.0 Å². The maximum absolute atomic E-state index is 13.2. The molecule has 0 fully saturated rings. The molecule has 0 atom stereocenters. The van der Waals surface area contributed by atoms with Crippen molar-refractivity contribution < 1.29 is 13.6 Å². The van der Waals surface area contributed by atoms with Crippen molar-refractivity contribution in [2.45, 2.75) is 6.42 Å². The van der Waals surface area contributed by atoms with Gasteiger partial charge in [-0.2, -0.15) is 0 Å². The van der Waals surface area contributed by atoms with Crippen molar-refractivity contribution >= 4 is 16.7 Å². The molecule has 2 aromatic carbocycles. The maximum atomic E-state index is 13.2. The van der Waals surface area contributed by atoms with E-state index in [9.17, 15) is 13.6 Å². The molecule has 104 valence electrons. The Kier molecular flexibility index (Phi) is 3.44. The normalized spacial score (nSPS) is 10.8. The van der Waals surface area contributed by atoms with Gasteiger partial charge in [-0.15, -0.1) is 0 Å². The first kappa shape index (κ1) is 13.4. The lowest BCUT2D eigenvalue weighted by atomic mass is 9.99. The second-order valence-electron chi connectivity index (χ2n) is 4.75. The third kappa shape index (κ3) is 2.79. The molecule has 0 radical (unpaired) electrons. The predicted octanol–water partition coefficient (Wildman–Crippen LogP) is 3.94. The Bertz CT molecular complexity index is 804. The SMILES string of the molecule is O=C(Cc1cc(F)cc(F)c1)c1cccc2ncccc12. The first-order chi connectivity index (χ1) is 10.1. The number of carbonyl (C=O) groups excluding carboxylic acids is 1. The molecule has 3 rings (SSSR count). The first-order valence-corrected chi connectivity index (χ1v) is 6.45. The molecule has 2 nitrogen and oxygen atoms in total. The van der Waals surface area contributed by atoms with Gasteiger partial charge in [-0.05, 0) is 29.8 Å². The van der Waals surface area contributed by atoms with E-state index in [-0.39, 0.29) is 12.2 Å². The smallest absolute Gasteiger partial charge is 0.167 e. The Morgan fingerprint density at radius 3 is 2.52 bits per heavy atom. The number of hydrogen-bond donors (Lipinski definition) is 0. The number of pyridine rings is 1. The molecule has 0 N–H and O–H groups in total. The van der Waals surface area contributed by atoms with Crippen LogP contribution in [0.2, 0.25) is 0 Å². The molecule has 0 aliphatic rings. The fourth-order valence-corrected chi connectivity index (χ4v) is 2.34. The van der Waals surface area contributed by atoms with Crippen LogP contribution in [0.15, 0.2) is 54.7 Å². The third-order valence-corrected chi connectivity index (χ3v) is 3.23. The number of benzene rings is 2. The van der Waals surface area contributed by atoms with Crippen LogP contribution in [-0.4, -0.2) is 10.8 Å². The molecule has 1 heterocycles. The van der Waals surface area contributed by atoms with Crippen LogP contribution >= 0.6 is 0 Å². The average Bonchev–Trinajstić information content (AvgIpc) is 2.45. The highest BCUT2D eigenvalue weighted by Gasteiger charge is 2.12. The Labute approximate surface area is 120 Å². The lowest BCUT2D eigenvalue weighted by Crippen LogP contribution is -2.05. The number of nitrogens with zero attached hydrogens (tertiary/aromatic N) is 1. The van der Waals surface area contributed by atoms with Crippen LogP contribution in [0.1, 0.15) is 15.9 Å². The van der Waals surface area contributed by atoms with Gasteiger partial charge in [-0.25, -0.2) is 8.78 Å². The molecule has 0 bridgehead atoms. The molecule has 21 heavy (non-hydrogen) atoms. The zero-order chi connectivity index (χ0) is 14.8. The number of carbonyl (C=O) groups is 1. The summed E-state index contributed by atoms with van der Waals surface area (Å²) in [5, 5.41) is 0.738. The van der Waals surface area contributed by atoms with Crippen molar-refractivity contribution in [1.82, 2.24) is 4.98 Å². The van der Waals surface area contributed by atoms with E-state index >= 15 is 0 Å². The lowest BCUT2D eigenvalue weighted by Gasteiger charge is -2.06. The number of aromatic nitrogens is 1. The molecule has 0 aliphatic carbocycles. The van der Waals surface area contributed by atoms with E-state index < -0.39 is 11.6 Å². The van der Waals surface area contributed by atoms with Gasteiger partial charge in [-0.3, -0.25) is 9.78 Å². The van der Waals surface area contributed by atoms with Crippen LogP contribution in [0.4, 0.5) is 8.78 Å². The van der Waals surface area contributed by atoms with Crippen LogP contribution in [0.3, 0.4) is 0 Å². The van der Waals surface area contributed by atoms with Gasteiger partial charge in [-0.1, -0.05) is 18.2 Å². The quantitative estimate of drug-likeness (QED) is 0.681. The lowest BCUT2D eigenvalue weighted by molar-refractivity contribution is 0.0994. The molecule has 0 amide bonds. The largest absolute Gasteiger partial charge is 0.294 e. The number of halogens is 2. The number of fused-ring (bicyclic) bond motifs is 1. The van der Waals surface area contributed by atoms with Crippen molar-refractivity contribution in [3.8, 4) is 0 Å². The van der Waals surface area contributed by atoms with Crippen molar-refractivity contribution in [2.75, 3.05) is 0 Å². The second-order valence-corrected chi connectivity index (χ2v) is 4.75. The highest BCUT2D eigenvalue weighted by molar-refractivity contribution is 6.08. The number of ketones is 1. The summed E-state index contributed by atoms with van der Waals surface area (Å²) in [5.41, 5.74) is 1.54. The summed E-state index contributed by atoms with van der Waals surface area (Å²) < 4.78 is 26.3. The average molecular weight is 283 g/mol. The fraction of sp³-hybridized carbons (Fsp3) is 0.0588. The summed E-state index contributed by atoms with van der Waals surface area (Å²) in [6, 6.07) is 11.9. The summed E-state index contributed by atoms with van der Waals surface area (Å²) in [5.74, 6) is -1.56. The van der Waals surface area contributed by atoms with Crippen LogP contribution < -0.4 is 0 Å². The molecule has 0 aliphatic heterocycles. The van der Waals surface area contributed by atoms with Gasteiger partial charge in [0, 0.05) is 29.6 Å². The fourth-order valence-electron chi connectivity index (χ4n) is 2.34. The zero-order valence-electron chi connectivity index (χ0n) is 11.0. The minimum absolute atomic E-state index is 0.0529. The van der Waals surface area contributed by atoms with Crippen LogP contribution in [0, 0.1) is 11.6 Å². The minimum atomic E-state index is -0.683. The van der Waals surface area contributed by atoms with Gasteiger partial charge in [0.25, 0.3) is 0 Å². The third-order valence-electron chi connectivity index (χ3n) is 3.23. The van der Waals surface area contributed by atoms with Gasteiger partial charge in [0.15, 0.2) is 5.78 Å². The maximum Gasteiger partial charge on any atom is 0.167 e. The molecule has 3 aromatic rings. The van der Waals surface area contributed by atoms with E-state index in [1.54, 1.807) is 24.4 Å². The van der Waals surface area contributed by atoms with E-state index in [2.05, 4.69) is 4.98 Å². The van der Waals surface area contributed by atoms with E-state index in [4.69, 9.17) is 0 Å². The van der Waals surface area contributed by atoms with Gasteiger partial charge in [0.2, 0.25) is 0 Å². The van der Waals surface area contributed by atoms with Crippen LogP contribution in [0.25, 0.3) is 10.9 Å². The Hall–Kier alpha value is -2.62. The van der Waals surface area contributed by atoms with Gasteiger partial charge in [0.05, 0.1) is 5.52 Å². The number of rotatable bonds is 3. The Morgan fingerprint density at radius 2 is 1.76 bits per heavy atom. The van der Waals surface area contributed by atoms with Gasteiger partial charge < -0.3 is 0 Å². The molecular weight excluding hydrogens is 272 g/mol. The molecule has 0 saturated carbocycles. The molecule has 0 spiro atoms. The summed E-state index contributed by atoms with van der Waals surface area (Å²) in [7, 11) is 0. The summed E-state index contributed by atoms with van der Waals surface area (Å²) in [6.45, 7) is 0. The van der Waals surface area contributed by atoms with E-state index in [1.807, 2.05) is 12.1 Å². The predicted molar refractivity (Wildman–Crippen MR) is 76.1 cm³/mol. The van der Waals surface area contributed by atoms with Crippen molar-refractivity contribution in [3.63, 3.8) is 0 Å². The zero-order valence-corrected chi connectivity index (χ0v) is 11.0. The summed E-state index contributed by atoms with van der Waals surface area (Å²) in [6.07, 6.45) is 1.60. The standard InChI is InChI=1S/C17H11F2NO/c18-12-7-11(8-13(19)10-12)9-17(21)15-3-1-5-16-14(15)4-2-6-20-16/h1-8,10H,9H2. The first-order valence-electron chi connectivity index (χ1n) is 6.45. The highest BCUT2D eigenvalue weighted by Crippen LogP contribution is 2.19. The molecular formula is C17H11F2NO. The van der Waals surface area contributed by atoms with Gasteiger partial charge in [0.1, 0.15) is 11.6 Å². The molecule has 4 heteroatoms. The number of hydrogen-bond acceptors (Lipinski definition) is 2. The molecule has 0 saturated heterocycles. The highest BCUT2D eigenvalue weighted by atomic mass is 19.1. The minimum Gasteiger partial charge on any atom is -0.294 e. The molecule has 1 aromatic heterocycles. The Balaban J connectivity index is 1.97. The van der Waals surface area contributed by atoms with E-state index in [1.165, 1.54) is 12.1 Å². The van der Waals surface area contributed by atoms with Crippen LogP contribution in [-0.2, 0) is 6.42 Å². The second kappa shape index (κ2) is 5.40. The summed E-state index contributed by atoms with van der Waals surface area (Å²) >= 11 is 0. The van der Waals surface area contributed by atoms with Crippen molar-refractivity contribution in [3.05, 3.63) is 77.5 Å². The Morgan fingerprint density at radius 1 is 1.00 bits per heavy atom. The number of Topliss-reactive ketones (excluding diaryl/α,β-unsaturated/α-hetero) is 1. The summed E-state index contributed by atoms with van der Waals surface area (Å²) in [4.78, 5) is 16.6. The molecule has 0 unspecified atom stereocenters. The van der Waals surface area contributed by atoms with E-state index in [0.29, 0.717) is 16.6 Å².